The lowest BCUT2D eigenvalue weighted by Gasteiger charge is -1.98. The Bertz CT molecular complexity index is 229. The number of nitrogens with one attached hydrogen (secondary N) is 1. The fraction of sp³-hybridized carbons (Fsp3) is 0.333. The van der Waals surface area contributed by atoms with Gasteiger partial charge in [-0.1, -0.05) is 13.3 Å². The maximum Gasteiger partial charge on any atom is 0.0843 e. The maximum atomic E-state index is 7.55. The molecule has 1 aromatic heterocycles. The summed E-state index contributed by atoms with van der Waals surface area (Å²) in [5.74, 6) is 0. The third kappa shape index (κ3) is 2.15. The zero-order valence-electron chi connectivity index (χ0n) is 6.59. The van der Waals surface area contributed by atoms with Crippen LogP contribution < -0.4 is 0 Å². The molecule has 1 rings (SSSR count). The molecule has 0 saturated carbocycles. The van der Waals surface area contributed by atoms with Crippen molar-refractivity contribution in [2.75, 3.05) is 0 Å². The highest BCUT2D eigenvalue weighted by atomic mass is 14.7. The summed E-state index contributed by atoms with van der Waals surface area (Å²) in [6.07, 6.45) is 3.46. The number of aromatic nitrogens is 1. The molecular weight excluding hydrogens is 136 g/mol. The molecule has 1 aromatic rings. The van der Waals surface area contributed by atoms with Crippen molar-refractivity contribution in [1.29, 1.82) is 5.41 Å². The molecule has 0 aliphatic carbocycles. The zero-order chi connectivity index (χ0) is 8.10. The lowest BCUT2D eigenvalue weighted by Crippen LogP contribution is -2.00. The van der Waals surface area contributed by atoms with Gasteiger partial charge in [0, 0.05) is 6.20 Å². The topological polar surface area (TPSA) is 36.7 Å². The molecular formula is C9H11N2. The van der Waals surface area contributed by atoms with E-state index < -0.39 is 0 Å². The van der Waals surface area contributed by atoms with Crippen molar-refractivity contribution in [2.45, 2.75) is 19.8 Å². The molecule has 0 aromatic carbocycles. The summed E-state index contributed by atoms with van der Waals surface area (Å²) in [6, 6.07) is 6.38. The highest BCUT2D eigenvalue weighted by Gasteiger charge is 1.98. The van der Waals surface area contributed by atoms with Crippen LogP contribution in [0.3, 0.4) is 0 Å². The Morgan fingerprint density at radius 1 is 1.73 bits per heavy atom. The Kier molecular flexibility index (Phi) is 2.78. The van der Waals surface area contributed by atoms with Crippen LogP contribution in [0.25, 0.3) is 0 Å². The maximum absolute atomic E-state index is 7.55. The lowest BCUT2D eigenvalue weighted by molar-refractivity contribution is 0.979. The van der Waals surface area contributed by atoms with Crippen molar-refractivity contribution in [2.24, 2.45) is 0 Å². The van der Waals surface area contributed by atoms with Crippen LogP contribution in [0.15, 0.2) is 18.3 Å². The monoisotopic (exact) mass is 147 g/mol. The summed E-state index contributed by atoms with van der Waals surface area (Å²) in [4.78, 5) is 4.04. The van der Waals surface area contributed by atoms with Crippen LogP contribution in [0, 0.1) is 11.5 Å². The first kappa shape index (κ1) is 7.92. The minimum Gasteiger partial charge on any atom is -0.303 e. The Morgan fingerprint density at radius 3 is 3.09 bits per heavy atom. The first-order chi connectivity index (χ1) is 5.34. The van der Waals surface area contributed by atoms with E-state index in [9.17, 15) is 0 Å². The van der Waals surface area contributed by atoms with E-state index in [-0.39, 0.29) is 0 Å². The van der Waals surface area contributed by atoms with Crippen LogP contribution in [0.4, 0.5) is 0 Å². The number of rotatable bonds is 3. The van der Waals surface area contributed by atoms with Gasteiger partial charge in [-0.25, -0.2) is 0 Å². The molecule has 0 spiro atoms. The molecule has 0 saturated heterocycles. The first-order valence-electron chi connectivity index (χ1n) is 3.74. The van der Waals surface area contributed by atoms with Crippen LogP contribution in [0.5, 0.6) is 0 Å². The van der Waals surface area contributed by atoms with Crippen molar-refractivity contribution < 1.29 is 0 Å². The molecule has 2 nitrogen and oxygen atoms in total. The van der Waals surface area contributed by atoms with Crippen molar-refractivity contribution in [3.63, 3.8) is 0 Å². The van der Waals surface area contributed by atoms with Gasteiger partial charge in [-0.3, -0.25) is 4.98 Å². The molecule has 1 radical (unpaired) electrons. The highest BCUT2D eigenvalue weighted by molar-refractivity contribution is 5.96. The normalized spacial score (nSPS) is 9.55. The molecule has 0 atom stereocenters. The summed E-state index contributed by atoms with van der Waals surface area (Å²) in [7, 11) is 0. The second kappa shape index (κ2) is 3.86. The fourth-order valence-electron chi connectivity index (χ4n) is 0.868. The van der Waals surface area contributed by atoms with Gasteiger partial charge < -0.3 is 5.41 Å². The third-order valence-electron chi connectivity index (χ3n) is 1.41. The zero-order valence-corrected chi connectivity index (χ0v) is 6.59. The van der Waals surface area contributed by atoms with Gasteiger partial charge in [0.2, 0.25) is 0 Å². The standard InChI is InChI=1S/C9H11N2/c1-2-5-8(10)9-6-3-4-7-11-9/h4,6-7,10H,2,5H2,1H3. The highest BCUT2D eigenvalue weighted by Crippen LogP contribution is 1.99. The van der Waals surface area contributed by atoms with Gasteiger partial charge in [0.05, 0.1) is 11.4 Å². The number of hydrogen-bond donors (Lipinski definition) is 1. The van der Waals surface area contributed by atoms with E-state index in [0.29, 0.717) is 5.71 Å². The third-order valence-corrected chi connectivity index (χ3v) is 1.41. The average molecular weight is 147 g/mol. The van der Waals surface area contributed by atoms with E-state index in [4.69, 9.17) is 5.41 Å². The molecule has 1 heterocycles. The quantitative estimate of drug-likeness (QED) is 0.653. The van der Waals surface area contributed by atoms with Gasteiger partial charge >= 0.3 is 0 Å². The smallest absolute Gasteiger partial charge is 0.0843 e. The van der Waals surface area contributed by atoms with Crippen LogP contribution in [0.2, 0.25) is 0 Å². The minimum atomic E-state index is 0.601. The van der Waals surface area contributed by atoms with Crippen molar-refractivity contribution in [1.82, 2.24) is 4.98 Å². The van der Waals surface area contributed by atoms with E-state index >= 15 is 0 Å². The van der Waals surface area contributed by atoms with Gasteiger partial charge in [0.15, 0.2) is 0 Å². The Balaban J connectivity index is 2.69. The molecule has 2 heteroatoms. The van der Waals surface area contributed by atoms with Gasteiger partial charge in [0.1, 0.15) is 0 Å². The molecule has 11 heavy (non-hydrogen) atoms. The molecule has 0 fully saturated rings. The van der Waals surface area contributed by atoms with Crippen LogP contribution >= 0.6 is 0 Å². The molecule has 0 amide bonds. The second-order valence-electron chi connectivity index (χ2n) is 2.37. The van der Waals surface area contributed by atoms with E-state index in [1.165, 1.54) is 0 Å². The summed E-state index contributed by atoms with van der Waals surface area (Å²) in [5.41, 5.74) is 1.35. The lowest BCUT2D eigenvalue weighted by atomic mass is 10.1. The summed E-state index contributed by atoms with van der Waals surface area (Å²) < 4.78 is 0. The Labute approximate surface area is 66.8 Å². The van der Waals surface area contributed by atoms with Gasteiger partial charge in [0.25, 0.3) is 0 Å². The number of hydrogen-bond acceptors (Lipinski definition) is 2. The van der Waals surface area contributed by atoms with E-state index in [1.807, 2.05) is 0 Å². The van der Waals surface area contributed by atoms with Crippen molar-refractivity contribution in [3.05, 3.63) is 30.1 Å². The van der Waals surface area contributed by atoms with Gasteiger partial charge in [-0.15, -0.1) is 0 Å². The largest absolute Gasteiger partial charge is 0.303 e. The second-order valence-corrected chi connectivity index (χ2v) is 2.37. The summed E-state index contributed by atoms with van der Waals surface area (Å²) in [6.45, 7) is 2.06. The van der Waals surface area contributed by atoms with Crippen LogP contribution in [-0.2, 0) is 0 Å². The van der Waals surface area contributed by atoms with E-state index in [0.717, 1.165) is 18.5 Å². The molecule has 0 aliphatic rings. The summed E-state index contributed by atoms with van der Waals surface area (Å²) >= 11 is 0. The van der Waals surface area contributed by atoms with Crippen LogP contribution in [0.1, 0.15) is 25.5 Å². The van der Waals surface area contributed by atoms with Gasteiger partial charge in [-0.2, -0.15) is 0 Å². The predicted octanol–water partition coefficient (Wildman–Crippen LogP) is 2.05. The van der Waals surface area contributed by atoms with Crippen molar-refractivity contribution in [3.8, 4) is 0 Å². The number of pyridine rings is 1. The molecule has 0 bridgehead atoms. The average Bonchev–Trinajstić information content (AvgIpc) is 2.07. The van der Waals surface area contributed by atoms with E-state index in [2.05, 4.69) is 18.0 Å². The van der Waals surface area contributed by atoms with Crippen LogP contribution in [-0.4, -0.2) is 10.7 Å². The molecule has 0 unspecified atom stereocenters. The first-order valence-corrected chi connectivity index (χ1v) is 3.74. The molecule has 0 aliphatic heterocycles. The minimum absolute atomic E-state index is 0.601. The summed E-state index contributed by atoms with van der Waals surface area (Å²) in [5, 5.41) is 7.55. The number of nitrogens with zero attached hydrogens (tertiary/aromatic N) is 1. The predicted molar refractivity (Wildman–Crippen MR) is 44.8 cm³/mol. The van der Waals surface area contributed by atoms with E-state index in [1.54, 1.807) is 18.3 Å². The molecule has 1 N–H and O–H groups in total. The SMILES string of the molecule is CCCC(=N)c1c[c]ccn1. The fourth-order valence-corrected chi connectivity index (χ4v) is 0.868. The van der Waals surface area contributed by atoms with Gasteiger partial charge in [-0.05, 0) is 24.6 Å². The van der Waals surface area contributed by atoms with Crippen molar-refractivity contribution >= 4 is 5.71 Å². The Morgan fingerprint density at radius 2 is 2.55 bits per heavy atom. The molecule has 57 valence electrons. The Hall–Kier alpha value is -1.18.